The standard InChI is InChI=1S/C26H36N4O5S/c1-19(16-22(27)25(28)36(33,34)21-10-6-3-7-11-21)17-24(31)23(18-20-8-4-2-5-9-20)29-26(32)30-12-14-35-15-13-30/h2-11,19,22-23,25H,12-18,27-28H2,1H3,(H,29,32)/t19?,22?,23-,25?/m0/s1. The highest BCUT2D eigenvalue weighted by Gasteiger charge is 2.32. The molecule has 2 aromatic rings. The molecule has 1 heterocycles. The largest absolute Gasteiger partial charge is 0.378 e. The molecule has 1 fully saturated rings. The van der Waals surface area contributed by atoms with Gasteiger partial charge in [0.15, 0.2) is 15.6 Å². The minimum atomic E-state index is -3.80. The Morgan fingerprint density at radius 2 is 1.58 bits per heavy atom. The lowest BCUT2D eigenvalue weighted by atomic mass is 9.92. The summed E-state index contributed by atoms with van der Waals surface area (Å²) >= 11 is 0. The predicted molar refractivity (Wildman–Crippen MR) is 138 cm³/mol. The van der Waals surface area contributed by atoms with Gasteiger partial charge in [0.1, 0.15) is 5.37 Å². The van der Waals surface area contributed by atoms with Gasteiger partial charge in [-0.15, -0.1) is 0 Å². The minimum Gasteiger partial charge on any atom is -0.378 e. The highest BCUT2D eigenvalue weighted by Crippen LogP contribution is 2.20. The predicted octanol–water partition coefficient (Wildman–Crippen LogP) is 1.71. The lowest BCUT2D eigenvalue weighted by molar-refractivity contribution is -0.121. The summed E-state index contributed by atoms with van der Waals surface area (Å²) < 4.78 is 31.0. The summed E-state index contributed by atoms with van der Waals surface area (Å²) in [4.78, 5) is 27.9. The van der Waals surface area contributed by atoms with Crippen LogP contribution in [0.3, 0.4) is 0 Å². The highest BCUT2D eigenvalue weighted by molar-refractivity contribution is 7.92. The number of nitrogens with two attached hydrogens (primary N) is 2. The molecule has 2 aromatic carbocycles. The Bertz CT molecular complexity index is 1090. The van der Waals surface area contributed by atoms with Crippen molar-refractivity contribution in [1.82, 2.24) is 10.2 Å². The van der Waals surface area contributed by atoms with Crippen LogP contribution < -0.4 is 16.8 Å². The summed E-state index contributed by atoms with van der Waals surface area (Å²) in [5.74, 6) is -0.372. The molecule has 0 spiro atoms. The smallest absolute Gasteiger partial charge is 0.318 e. The summed E-state index contributed by atoms with van der Waals surface area (Å²) in [5.41, 5.74) is 13.2. The first-order chi connectivity index (χ1) is 17.2. The summed E-state index contributed by atoms with van der Waals surface area (Å²) in [6.45, 7) is 3.70. The van der Waals surface area contributed by atoms with E-state index in [0.717, 1.165) is 5.56 Å². The molecule has 196 valence electrons. The molecular weight excluding hydrogens is 480 g/mol. The third-order valence-electron chi connectivity index (χ3n) is 6.34. The van der Waals surface area contributed by atoms with Crippen molar-refractivity contribution < 1.29 is 22.7 Å². The molecule has 3 unspecified atom stereocenters. The van der Waals surface area contributed by atoms with E-state index >= 15 is 0 Å². The molecule has 0 radical (unpaired) electrons. The number of nitrogens with zero attached hydrogens (tertiary/aromatic N) is 1. The number of sulfone groups is 1. The fourth-order valence-corrected chi connectivity index (χ4v) is 5.69. The monoisotopic (exact) mass is 516 g/mol. The fourth-order valence-electron chi connectivity index (χ4n) is 4.27. The number of ether oxygens (including phenoxy) is 1. The van der Waals surface area contributed by atoms with Gasteiger partial charge in [0, 0.05) is 25.6 Å². The third-order valence-corrected chi connectivity index (χ3v) is 8.34. The van der Waals surface area contributed by atoms with Crippen LogP contribution in [0.5, 0.6) is 0 Å². The molecule has 3 rings (SSSR count). The van der Waals surface area contributed by atoms with E-state index in [4.69, 9.17) is 16.2 Å². The number of amides is 2. The Kier molecular flexibility index (Phi) is 10.0. The van der Waals surface area contributed by atoms with Crippen LogP contribution in [0, 0.1) is 5.92 Å². The first kappa shape index (κ1) is 27.8. The lowest BCUT2D eigenvalue weighted by Gasteiger charge is -2.29. The first-order valence-corrected chi connectivity index (χ1v) is 13.7. The summed E-state index contributed by atoms with van der Waals surface area (Å²) in [5, 5.41) is 1.60. The van der Waals surface area contributed by atoms with Crippen molar-refractivity contribution in [1.29, 1.82) is 0 Å². The van der Waals surface area contributed by atoms with Crippen LogP contribution in [0.25, 0.3) is 0 Å². The maximum absolute atomic E-state index is 13.3. The number of ketones is 1. The van der Waals surface area contributed by atoms with Gasteiger partial charge in [0.2, 0.25) is 0 Å². The van der Waals surface area contributed by atoms with Crippen LogP contribution in [0.1, 0.15) is 25.3 Å². The topological polar surface area (TPSA) is 145 Å². The molecule has 1 aliphatic rings. The zero-order chi connectivity index (χ0) is 26.1. The number of rotatable bonds is 11. The van der Waals surface area contributed by atoms with E-state index in [-0.39, 0.29) is 35.5 Å². The number of hydrogen-bond acceptors (Lipinski definition) is 7. The van der Waals surface area contributed by atoms with Crippen LogP contribution >= 0.6 is 0 Å². The number of hydrogen-bond donors (Lipinski definition) is 3. The van der Waals surface area contributed by atoms with Crippen LogP contribution in [0.15, 0.2) is 65.6 Å². The normalized spacial score (nSPS) is 17.6. The molecule has 2 amide bonds. The number of morpholine rings is 1. The second-order valence-electron chi connectivity index (χ2n) is 9.29. The Morgan fingerprint density at radius 1 is 1.00 bits per heavy atom. The van der Waals surface area contributed by atoms with Gasteiger partial charge in [-0.1, -0.05) is 55.5 Å². The molecule has 36 heavy (non-hydrogen) atoms. The number of carbonyl (C=O) groups excluding carboxylic acids is 2. The average molecular weight is 517 g/mol. The van der Waals surface area contributed by atoms with Crippen molar-refractivity contribution in [3.63, 3.8) is 0 Å². The van der Waals surface area contributed by atoms with Gasteiger partial charge in [-0.05, 0) is 36.5 Å². The van der Waals surface area contributed by atoms with Crippen LogP contribution in [0.4, 0.5) is 4.79 Å². The Labute approximate surface area is 213 Å². The van der Waals surface area contributed by atoms with Crippen molar-refractivity contribution in [2.24, 2.45) is 17.4 Å². The maximum atomic E-state index is 13.3. The van der Waals surface area contributed by atoms with Crippen molar-refractivity contribution >= 4 is 21.7 Å². The van der Waals surface area contributed by atoms with Crippen molar-refractivity contribution in [2.45, 2.75) is 48.5 Å². The Morgan fingerprint density at radius 3 is 2.19 bits per heavy atom. The quantitative estimate of drug-likeness (QED) is 0.412. The first-order valence-electron chi connectivity index (χ1n) is 12.2. The second-order valence-corrected chi connectivity index (χ2v) is 11.4. The zero-order valence-corrected chi connectivity index (χ0v) is 21.4. The summed E-state index contributed by atoms with van der Waals surface area (Å²) in [6, 6.07) is 15.6. The molecule has 1 aliphatic heterocycles. The van der Waals surface area contributed by atoms with Gasteiger partial charge in [-0.25, -0.2) is 13.2 Å². The van der Waals surface area contributed by atoms with Gasteiger partial charge in [-0.3, -0.25) is 4.79 Å². The van der Waals surface area contributed by atoms with E-state index in [2.05, 4.69) is 5.32 Å². The molecule has 4 atom stereocenters. The average Bonchev–Trinajstić information content (AvgIpc) is 2.89. The number of urea groups is 1. The van der Waals surface area contributed by atoms with E-state index in [0.29, 0.717) is 32.7 Å². The van der Waals surface area contributed by atoms with Crippen LogP contribution in [-0.2, 0) is 25.8 Å². The van der Waals surface area contributed by atoms with E-state index < -0.39 is 27.3 Å². The maximum Gasteiger partial charge on any atom is 0.318 e. The molecule has 10 heteroatoms. The molecule has 9 nitrogen and oxygen atoms in total. The van der Waals surface area contributed by atoms with Gasteiger partial charge in [-0.2, -0.15) is 0 Å². The summed E-state index contributed by atoms with van der Waals surface area (Å²) in [7, 11) is -3.80. The zero-order valence-electron chi connectivity index (χ0n) is 20.6. The van der Waals surface area contributed by atoms with Crippen molar-refractivity contribution in [3.8, 4) is 0 Å². The third kappa shape index (κ3) is 7.60. The molecule has 0 aromatic heterocycles. The molecular formula is C26H36N4O5S. The molecule has 0 saturated carbocycles. The summed E-state index contributed by atoms with van der Waals surface area (Å²) in [6.07, 6.45) is 0.734. The number of carbonyl (C=O) groups is 2. The van der Waals surface area contributed by atoms with Gasteiger partial charge in [0.05, 0.1) is 24.2 Å². The Balaban J connectivity index is 1.63. The van der Waals surface area contributed by atoms with Crippen molar-refractivity contribution in [3.05, 3.63) is 66.2 Å². The highest BCUT2D eigenvalue weighted by atomic mass is 32.2. The van der Waals surface area contributed by atoms with E-state index in [1.807, 2.05) is 37.3 Å². The number of benzene rings is 2. The lowest BCUT2D eigenvalue weighted by Crippen LogP contribution is -2.52. The molecule has 5 N–H and O–H groups in total. The van der Waals surface area contributed by atoms with E-state index in [9.17, 15) is 18.0 Å². The van der Waals surface area contributed by atoms with Crippen LogP contribution in [-0.4, -0.2) is 68.9 Å². The molecule has 0 aliphatic carbocycles. The SMILES string of the molecule is CC(CC(=O)[C@H](Cc1ccccc1)NC(=O)N1CCOCC1)CC(N)C(N)S(=O)(=O)c1ccccc1. The minimum absolute atomic E-state index is 0.116. The fraction of sp³-hybridized carbons (Fsp3) is 0.462. The van der Waals surface area contributed by atoms with Crippen LogP contribution in [0.2, 0.25) is 0 Å². The van der Waals surface area contributed by atoms with Gasteiger partial charge >= 0.3 is 6.03 Å². The van der Waals surface area contributed by atoms with Gasteiger partial charge in [0.25, 0.3) is 0 Å². The Hall–Kier alpha value is -2.79. The second kappa shape index (κ2) is 13.0. The van der Waals surface area contributed by atoms with Crippen molar-refractivity contribution in [2.75, 3.05) is 26.3 Å². The molecule has 1 saturated heterocycles. The van der Waals surface area contributed by atoms with Gasteiger partial charge < -0.3 is 26.4 Å². The van der Waals surface area contributed by atoms with E-state index in [1.54, 1.807) is 23.1 Å². The number of Topliss-reactive ketones (excluding diaryl/α,β-unsaturated/α-hetero) is 1. The molecule has 0 bridgehead atoms. The van der Waals surface area contributed by atoms with E-state index in [1.165, 1.54) is 12.1 Å². The number of nitrogens with one attached hydrogen (secondary N) is 1.